The molecule has 0 saturated heterocycles. The van der Waals surface area contributed by atoms with Gasteiger partial charge in [-0.15, -0.1) is 0 Å². The lowest BCUT2D eigenvalue weighted by Gasteiger charge is -2.08. The van der Waals surface area contributed by atoms with Crippen LogP contribution in [-0.4, -0.2) is 30.2 Å². The summed E-state index contributed by atoms with van der Waals surface area (Å²) in [6, 6.07) is -0.224. The molecule has 2 heterocycles. The van der Waals surface area contributed by atoms with Crippen LogP contribution in [0.15, 0.2) is 23.9 Å². The summed E-state index contributed by atoms with van der Waals surface area (Å²) in [5, 5.41) is 4.16. The lowest BCUT2D eigenvalue weighted by atomic mass is 10.3. The molecule has 0 spiro atoms. The third-order valence-corrected chi connectivity index (χ3v) is 3.42. The molecule has 0 aliphatic carbocycles. The molecule has 0 aromatic carbocycles. The van der Waals surface area contributed by atoms with Crippen LogP contribution in [0.2, 0.25) is 0 Å². The number of rotatable bonds is 2. The van der Waals surface area contributed by atoms with Crippen LogP contribution in [0.5, 0.6) is 0 Å². The van der Waals surface area contributed by atoms with Gasteiger partial charge in [-0.05, 0) is 18.6 Å². The Labute approximate surface area is 88.2 Å². The first-order valence-electron chi connectivity index (χ1n) is 4.51. The van der Waals surface area contributed by atoms with Crippen LogP contribution >= 0.6 is 0 Å². The van der Waals surface area contributed by atoms with Crippen molar-refractivity contribution in [2.75, 3.05) is 11.1 Å². The Morgan fingerprint density at radius 2 is 2.07 bits per heavy atom. The summed E-state index contributed by atoms with van der Waals surface area (Å²) in [7, 11) is -3.02. The SMILES string of the molecule is Cc1cnc(NC2C=CS(=O)(=O)C2)nc1. The van der Waals surface area contributed by atoms with E-state index in [-0.39, 0.29) is 11.8 Å². The molecule has 1 aliphatic rings. The van der Waals surface area contributed by atoms with E-state index in [1.165, 1.54) is 5.41 Å². The van der Waals surface area contributed by atoms with E-state index in [1.807, 2.05) is 6.92 Å². The summed E-state index contributed by atoms with van der Waals surface area (Å²) < 4.78 is 22.2. The minimum Gasteiger partial charge on any atom is -0.347 e. The molecule has 1 aromatic heterocycles. The third-order valence-electron chi connectivity index (χ3n) is 2.03. The fourth-order valence-electron chi connectivity index (χ4n) is 1.30. The van der Waals surface area contributed by atoms with Gasteiger partial charge in [0.05, 0.1) is 11.8 Å². The number of aromatic nitrogens is 2. The Morgan fingerprint density at radius 1 is 1.40 bits per heavy atom. The topological polar surface area (TPSA) is 72.0 Å². The molecule has 1 aliphatic heterocycles. The van der Waals surface area contributed by atoms with Gasteiger partial charge in [0.1, 0.15) is 0 Å². The van der Waals surface area contributed by atoms with Crippen LogP contribution in [0.1, 0.15) is 5.56 Å². The van der Waals surface area contributed by atoms with E-state index < -0.39 is 9.84 Å². The summed E-state index contributed by atoms with van der Waals surface area (Å²) in [6.07, 6.45) is 4.98. The summed E-state index contributed by atoms with van der Waals surface area (Å²) >= 11 is 0. The van der Waals surface area contributed by atoms with Gasteiger partial charge in [0.25, 0.3) is 0 Å². The van der Waals surface area contributed by atoms with Crippen molar-refractivity contribution in [3.05, 3.63) is 29.4 Å². The highest BCUT2D eigenvalue weighted by atomic mass is 32.2. The highest BCUT2D eigenvalue weighted by Crippen LogP contribution is 2.11. The smallest absolute Gasteiger partial charge is 0.223 e. The van der Waals surface area contributed by atoms with Crippen LogP contribution in [0.3, 0.4) is 0 Å². The van der Waals surface area contributed by atoms with Gasteiger partial charge in [-0.2, -0.15) is 0 Å². The summed E-state index contributed by atoms with van der Waals surface area (Å²) in [6.45, 7) is 1.89. The van der Waals surface area contributed by atoms with Gasteiger partial charge >= 0.3 is 0 Å². The van der Waals surface area contributed by atoms with Gasteiger partial charge in [-0.3, -0.25) is 0 Å². The first-order valence-corrected chi connectivity index (χ1v) is 6.23. The van der Waals surface area contributed by atoms with Crippen molar-refractivity contribution in [1.82, 2.24) is 9.97 Å². The van der Waals surface area contributed by atoms with E-state index in [2.05, 4.69) is 15.3 Å². The molecule has 1 unspecified atom stereocenters. The highest BCUT2D eigenvalue weighted by molar-refractivity contribution is 7.94. The predicted molar refractivity (Wildman–Crippen MR) is 57.1 cm³/mol. The van der Waals surface area contributed by atoms with Crippen molar-refractivity contribution in [3.63, 3.8) is 0 Å². The highest BCUT2D eigenvalue weighted by Gasteiger charge is 2.21. The number of aryl methyl sites for hydroxylation is 1. The van der Waals surface area contributed by atoms with Gasteiger partial charge in [0.15, 0.2) is 9.84 Å². The average Bonchev–Trinajstić information content (AvgIpc) is 2.50. The molecule has 0 saturated carbocycles. The molecule has 1 atom stereocenters. The molecule has 2 rings (SSSR count). The normalized spacial score (nSPS) is 22.9. The Balaban J connectivity index is 2.05. The average molecular weight is 225 g/mol. The van der Waals surface area contributed by atoms with Crippen molar-refractivity contribution < 1.29 is 8.42 Å². The molecule has 15 heavy (non-hydrogen) atoms. The number of nitrogens with zero attached hydrogens (tertiary/aromatic N) is 2. The lowest BCUT2D eigenvalue weighted by Crippen LogP contribution is -2.22. The minimum atomic E-state index is -3.02. The van der Waals surface area contributed by atoms with Crippen LogP contribution in [-0.2, 0) is 9.84 Å². The lowest BCUT2D eigenvalue weighted by molar-refractivity contribution is 0.605. The maximum Gasteiger partial charge on any atom is 0.223 e. The summed E-state index contributed by atoms with van der Waals surface area (Å²) in [5.41, 5.74) is 0.968. The molecule has 0 fully saturated rings. The number of hydrogen-bond donors (Lipinski definition) is 1. The monoisotopic (exact) mass is 225 g/mol. The second kappa shape index (κ2) is 3.62. The Hall–Kier alpha value is -1.43. The molecule has 0 amide bonds. The maximum atomic E-state index is 11.1. The minimum absolute atomic E-state index is 0.0736. The third kappa shape index (κ3) is 2.53. The van der Waals surface area contributed by atoms with Crippen molar-refractivity contribution in [2.45, 2.75) is 13.0 Å². The van der Waals surface area contributed by atoms with Gasteiger partial charge in [-0.25, -0.2) is 18.4 Å². The Kier molecular flexibility index (Phi) is 2.44. The van der Waals surface area contributed by atoms with Crippen LogP contribution < -0.4 is 5.32 Å². The van der Waals surface area contributed by atoms with E-state index in [0.717, 1.165) is 5.56 Å². The van der Waals surface area contributed by atoms with Crippen molar-refractivity contribution in [1.29, 1.82) is 0 Å². The number of sulfone groups is 1. The van der Waals surface area contributed by atoms with Crippen LogP contribution in [0.4, 0.5) is 5.95 Å². The van der Waals surface area contributed by atoms with Gasteiger partial charge in [0, 0.05) is 17.8 Å². The molecule has 80 valence electrons. The zero-order valence-corrected chi connectivity index (χ0v) is 9.03. The summed E-state index contributed by atoms with van der Waals surface area (Å²) in [4.78, 5) is 8.08. The molecule has 1 aromatic rings. The molecular weight excluding hydrogens is 214 g/mol. The van der Waals surface area contributed by atoms with Crippen molar-refractivity contribution in [3.8, 4) is 0 Å². The van der Waals surface area contributed by atoms with E-state index in [0.29, 0.717) is 5.95 Å². The quantitative estimate of drug-likeness (QED) is 0.794. The molecular formula is C9H11N3O2S. The molecule has 5 nitrogen and oxygen atoms in total. The number of anilines is 1. The van der Waals surface area contributed by atoms with Crippen LogP contribution in [0, 0.1) is 6.92 Å². The maximum absolute atomic E-state index is 11.1. The van der Waals surface area contributed by atoms with E-state index in [9.17, 15) is 8.42 Å². The second-order valence-electron chi connectivity index (χ2n) is 3.49. The predicted octanol–water partition coefficient (Wildman–Crippen LogP) is 0.508. The first-order chi connectivity index (χ1) is 7.05. The molecule has 6 heteroatoms. The van der Waals surface area contributed by atoms with E-state index >= 15 is 0 Å². The first kappa shape index (κ1) is 10.1. The second-order valence-corrected chi connectivity index (χ2v) is 5.42. The summed E-state index contributed by atoms with van der Waals surface area (Å²) in [5.74, 6) is 0.525. The number of hydrogen-bond acceptors (Lipinski definition) is 5. The fourth-order valence-corrected chi connectivity index (χ4v) is 2.53. The Morgan fingerprint density at radius 3 is 2.60 bits per heavy atom. The largest absolute Gasteiger partial charge is 0.347 e. The molecule has 1 N–H and O–H groups in total. The van der Waals surface area contributed by atoms with Crippen LogP contribution in [0.25, 0.3) is 0 Å². The number of nitrogens with one attached hydrogen (secondary N) is 1. The molecule has 0 bridgehead atoms. The van der Waals surface area contributed by atoms with E-state index in [1.54, 1.807) is 18.5 Å². The standard InChI is InChI=1S/C9H11N3O2S/c1-7-4-10-9(11-5-7)12-8-2-3-15(13,14)6-8/h2-5,8H,6H2,1H3,(H,10,11,12). The zero-order chi connectivity index (χ0) is 10.9. The van der Waals surface area contributed by atoms with Crippen molar-refractivity contribution >= 4 is 15.8 Å². The Bertz CT molecular complexity index is 479. The molecule has 0 radical (unpaired) electrons. The van der Waals surface area contributed by atoms with Gasteiger partial charge < -0.3 is 5.32 Å². The fraction of sp³-hybridized carbons (Fsp3) is 0.333. The van der Waals surface area contributed by atoms with Gasteiger partial charge in [-0.1, -0.05) is 0 Å². The van der Waals surface area contributed by atoms with Gasteiger partial charge in [0.2, 0.25) is 5.95 Å². The van der Waals surface area contributed by atoms with Crippen molar-refractivity contribution in [2.24, 2.45) is 0 Å². The van der Waals surface area contributed by atoms with E-state index in [4.69, 9.17) is 0 Å². The zero-order valence-electron chi connectivity index (χ0n) is 8.21.